The largest absolute Gasteiger partial charge is 0.352 e. The Morgan fingerprint density at radius 2 is 1.46 bits per heavy atom. The average Bonchev–Trinajstić information content (AvgIpc) is 2.74. The van der Waals surface area contributed by atoms with Gasteiger partial charge in [0.15, 0.2) is 0 Å². The Morgan fingerprint density at radius 3 is 2.18 bits per heavy atom. The lowest BCUT2D eigenvalue weighted by molar-refractivity contribution is 0.0954. The number of nitrogens with one attached hydrogen (secondary N) is 1. The maximum Gasteiger partial charge on any atom is 0.261 e. The van der Waals surface area contributed by atoms with E-state index in [2.05, 4.69) is 5.32 Å². The van der Waals surface area contributed by atoms with Crippen molar-refractivity contribution in [3.63, 3.8) is 0 Å². The summed E-state index contributed by atoms with van der Waals surface area (Å²) in [7, 11) is 1.53. The van der Waals surface area contributed by atoms with Crippen LogP contribution < -0.4 is 10.2 Å². The van der Waals surface area contributed by atoms with Crippen LogP contribution >= 0.6 is 0 Å². The Morgan fingerprint density at radius 1 is 0.857 bits per heavy atom. The quantitative estimate of drug-likeness (QED) is 0.705. The van der Waals surface area contributed by atoms with Crippen LogP contribution in [0.4, 0.5) is 10.1 Å². The maximum absolute atomic E-state index is 14.0. The molecule has 0 bridgehead atoms. The smallest absolute Gasteiger partial charge is 0.261 e. The second-order valence-electron chi connectivity index (χ2n) is 6.35. The van der Waals surface area contributed by atoms with Gasteiger partial charge in [-0.1, -0.05) is 54.6 Å². The van der Waals surface area contributed by atoms with E-state index < -0.39 is 11.7 Å². The molecule has 0 heterocycles. The molecule has 28 heavy (non-hydrogen) atoms. The topological polar surface area (TPSA) is 49.4 Å². The van der Waals surface area contributed by atoms with Crippen LogP contribution in [-0.2, 0) is 6.42 Å². The molecular weight excluding hydrogens is 355 g/mol. The van der Waals surface area contributed by atoms with Gasteiger partial charge in [-0.3, -0.25) is 9.59 Å². The van der Waals surface area contributed by atoms with Crippen LogP contribution in [0.2, 0.25) is 0 Å². The molecule has 0 spiro atoms. The molecular formula is C23H21FN2O2. The van der Waals surface area contributed by atoms with Gasteiger partial charge in [0, 0.05) is 13.6 Å². The minimum Gasteiger partial charge on any atom is -0.352 e. The van der Waals surface area contributed by atoms with Gasteiger partial charge in [0.25, 0.3) is 11.8 Å². The van der Waals surface area contributed by atoms with Gasteiger partial charge in [-0.15, -0.1) is 0 Å². The highest BCUT2D eigenvalue weighted by Gasteiger charge is 2.21. The zero-order valence-electron chi connectivity index (χ0n) is 15.6. The first kappa shape index (κ1) is 19.3. The van der Waals surface area contributed by atoms with E-state index >= 15 is 0 Å². The molecule has 2 amide bonds. The predicted octanol–water partition coefficient (Wildman–Crippen LogP) is 4.07. The molecule has 0 fully saturated rings. The number of rotatable bonds is 6. The van der Waals surface area contributed by atoms with Crippen molar-refractivity contribution in [3.05, 3.63) is 101 Å². The number of para-hydroxylation sites is 1. The summed E-state index contributed by atoms with van der Waals surface area (Å²) in [6, 6.07) is 22.4. The number of amides is 2. The van der Waals surface area contributed by atoms with E-state index in [1.807, 2.05) is 30.3 Å². The minimum absolute atomic E-state index is 0.0377. The van der Waals surface area contributed by atoms with E-state index in [0.29, 0.717) is 24.2 Å². The van der Waals surface area contributed by atoms with Gasteiger partial charge in [-0.05, 0) is 36.2 Å². The van der Waals surface area contributed by atoms with Crippen LogP contribution in [-0.4, -0.2) is 25.4 Å². The van der Waals surface area contributed by atoms with Gasteiger partial charge < -0.3 is 10.2 Å². The maximum atomic E-state index is 14.0. The molecule has 0 radical (unpaired) electrons. The second-order valence-corrected chi connectivity index (χ2v) is 6.35. The summed E-state index contributed by atoms with van der Waals surface area (Å²) in [4.78, 5) is 26.7. The minimum atomic E-state index is -0.593. The third kappa shape index (κ3) is 4.43. The number of hydrogen-bond acceptors (Lipinski definition) is 2. The highest BCUT2D eigenvalue weighted by Crippen LogP contribution is 2.22. The van der Waals surface area contributed by atoms with Crippen molar-refractivity contribution in [1.82, 2.24) is 5.32 Å². The number of carbonyl (C=O) groups excluding carboxylic acids is 2. The number of nitrogens with zero attached hydrogens (tertiary/aromatic N) is 1. The molecule has 142 valence electrons. The van der Waals surface area contributed by atoms with Crippen molar-refractivity contribution in [2.45, 2.75) is 6.42 Å². The fraction of sp³-hybridized carbons (Fsp3) is 0.130. The Balaban J connectivity index is 1.74. The molecule has 3 aromatic carbocycles. The Bertz CT molecular complexity index is 973. The van der Waals surface area contributed by atoms with Crippen molar-refractivity contribution < 1.29 is 14.0 Å². The van der Waals surface area contributed by atoms with Crippen LogP contribution in [0.5, 0.6) is 0 Å². The third-order valence-electron chi connectivity index (χ3n) is 4.46. The van der Waals surface area contributed by atoms with E-state index in [0.717, 1.165) is 5.56 Å². The normalized spacial score (nSPS) is 10.4. The summed E-state index contributed by atoms with van der Waals surface area (Å²) >= 11 is 0. The van der Waals surface area contributed by atoms with Gasteiger partial charge in [-0.25, -0.2) is 4.39 Å². The van der Waals surface area contributed by atoms with Gasteiger partial charge in [0.05, 0.1) is 16.8 Å². The molecule has 5 heteroatoms. The number of halogens is 1. The van der Waals surface area contributed by atoms with E-state index in [1.165, 1.54) is 30.1 Å². The Kier molecular flexibility index (Phi) is 6.17. The fourth-order valence-electron chi connectivity index (χ4n) is 2.94. The van der Waals surface area contributed by atoms with Crippen molar-refractivity contribution >= 4 is 17.5 Å². The summed E-state index contributed by atoms with van der Waals surface area (Å²) < 4.78 is 14.0. The van der Waals surface area contributed by atoms with Crippen molar-refractivity contribution in [3.8, 4) is 0 Å². The highest BCUT2D eigenvalue weighted by atomic mass is 19.1. The molecule has 0 atom stereocenters. The Hall–Kier alpha value is -3.47. The van der Waals surface area contributed by atoms with Crippen LogP contribution in [0.3, 0.4) is 0 Å². The zero-order chi connectivity index (χ0) is 19.9. The van der Waals surface area contributed by atoms with E-state index in [9.17, 15) is 14.0 Å². The summed E-state index contributed by atoms with van der Waals surface area (Å²) in [5, 5.41) is 2.88. The molecule has 3 aromatic rings. The summed E-state index contributed by atoms with van der Waals surface area (Å²) in [5.41, 5.74) is 1.88. The van der Waals surface area contributed by atoms with Gasteiger partial charge in [0.1, 0.15) is 5.82 Å². The lowest BCUT2D eigenvalue weighted by Crippen LogP contribution is -2.31. The molecule has 0 aromatic heterocycles. The summed E-state index contributed by atoms with van der Waals surface area (Å²) in [5.74, 6) is -1.38. The van der Waals surface area contributed by atoms with Crippen LogP contribution in [0.25, 0.3) is 0 Å². The number of carbonyl (C=O) groups is 2. The SMILES string of the molecule is CN(C(=O)c1ccccc1F)c1ccccc1C(=O)NCCc1ccccc1. The van der Waals surface area contributed by atoms with Crippen molar-refractivity contribution in [2.75, 3.05) is 18.5 Å². The van der Waals surface area contributed by atoms with Crippen LogP contribution in [0.1, 0.15) is 26.3 Å². The molecule has 0 unspecified atom stereocenters. The fourth-order valence-corrected chi connectivity index (χ4v) is 2.94. The van der Waals surface area contributed by atoms with Crippen LogP contribution in [0, 0.1) is 5.82 Å². The average molecular weight is 376 g/mol. The number of benzene rings is 3. The molecule has 0 saturated carbocycles. The standard InChI is InChI=1S/C23H21FN2O2/c1-26(23(28)18-11-5-7-13-20(18)24)21-14-8-6-12-19(21)22(27)25-16-15-17-9-3-2-4-10-17/h2-14H,15-16H2,1H3,(H,25,27). The van der Waals surface area contributed by atoms with Gasteiger partial charge in [-0.2, -0.15) is 0 Å². The first-order valence-corrected chi connectivity index (χ1v) is 9.01. The van der Waals surface area contributed by atoms with Crippen molar-refractivity contribution in [1.29, 1.82) is 0 Å². The second kappa shape index (κ2) is 8.95. The third-order valence-corrected chi connectivity index (χ3v) is 4.46. The summed E-state index contributed by atoms with van der Waals surface area (Å²) in [6.45, 7) is 0.474. The first-order valence-electron chi connectivity index (χ1n) is 9.01. The molecule has 4 nitrogen and oxygen atoms in total. The number of hydrogen-bond donors (Lipinski definition) is 1. The Labute approximate surface area is 163 Å². The number of anilines is 1. The van der Waals surface area contributed by atoms with E-state index in [4.69, 9.17) is 0 Å². The monoisotopic (exact) mass is 376 g/mol. The van der Waals surface area contributed by atoms with E-state index in [1.54, 1.807) is 30.3 Å². The summed E-state index contributed by atoms with van der Waals surface area (Å²) in [6.07, 6.45) is 0.707. The molecule has 1 N–H and O–H groups in total. The lowest BCUT2D eigenvalue weighted by atomic mass is 10.1. The van der Waals surface area contributed by atoms with Crippen LogP contribution in [0.15, 0.2) is 78.9 Å². The van der Waals surface area contributed by atoms with Gasteiger partial charge in [0.2, 0.25) is 0 Å². The first-order chi connectivity index (χ1) is 13.6. The molecule has 3 rings (SSSR count). The van der Waals surface area contributed by atoms with E-state index in [-0.39, 0.29) is 11.5 Å². The van der Waals surface area contributed by atoms with Crippen molar-refractivity contribution in [2.24, 2.45) is 0 Å². The van der Waals surface area contributed by atoms with Gasteiger partial charge >= 0.3 is 0 Å². The predicted molar refractivity (Wildman–Crippen MR) is 108 cm³/mol. The molecule has 0 aliphatic carbocycles. The molecule has 0 aliphatic heterocycles. The zero-order valence-corrected chi connectivity index (χ0v) is 15.6. The molecule has 0 aliphatic rings. The lowest BCUT2D eigenvalue weighted by Gasteiger charge is -2.20. The molecule has 0 saturated heterocycles. The highest BCUT2D eigenvalue weighted by molar-refractivity contribution is 6.10.